The molecule has 3 rings (SSSR count). The van der Waals surface area contributed by atoms with E-state index in [0.717, 1.165) is 17.4 Å². The number of rotatable bonds is 1. The molecule has 0 radical (unpaired) electrons. The molecule has 0 aliphatic heterocycles. The Morgan fingerprint density at radius 2 is 2.36 bits per heavy atom. The normalized spacial score (nSPS) is 51.8. The van der Waals surface area contributed by atoms with Crippen LogP contribution in [0.25, 0.3) is 0 Å². The molecule has 3 fully saturated rings. The van der Waals surface area contributed by atoms with Crippen molar-refractivity contribution >= 4 is 0 Å². The summed E-state index contributed by atoms with van der Waals surface area (Å²) in [5.74, 6) is 2.19. The fraction of sp³-hybridized carbons (Fsp3) is 0.818. The van der Waals surface area contributed by atoms with Crippen molar-refractivity contribution < 1.29 is 4.92 Å². The first-order chi connectivity index (χ1) is 6.61. The average Bonchev–Trinajstić information content (AvgIpc) is 2.26. The average molecular weight is 193 g/mol. The van der Waals surface area contributed by atoms with Gasteiger partial charge in [-0.1, -0.05) is 6.92 Å². The molecule has 3 nitrogen and oxygen atoms in total. The minimum Gasteiger partial charge on any atom is -0.259 e. The minimum atomic E-state index is -0.261. The van der Waals surface area contributed by atoms with Gasteiger partial charge in [-0.25, -0.2) is 0 Å². The third kappa shape index (κ3) is 0.830. The summed E-state index contributed by atoms with van der Waals surface area (Å²) in [6.45, 7) is 2.23. The number of allylic oxidation sites excluding steroid dienone is 1. The van der Waals surface area contributed by atoms with E-state index in [4.69, 9.17) is 0 Å². The molecule has 0 spiro atoms. The number of fused-ring (bicyclic) bond motifs is 1. The maximum Gasteiger partial charge on any atom is 0.234 e. The Bertz CT molecular complexity index is 336. The molecular weight excluding hydrogens is 178 g/mol. The van der Waals surface area contributed by atoms with Gasteiger partial charge in [0.1, 0.15) is 0 Å². The maximum atomic E-state index is 10.5. The molecule has 3 saturated carbocycles. The molecule has 0 aromatic rings. The molecule has 2 bridgehead atoms. The number of nitro groups is 1. The molecular formula is C11H15NO2. The lowest BCUT2D eigenvalue weighted by molar-refractivity contribution is -0.405. The van der Waals surface area contributed by atoms with E-state index in [2.05, 4.69) is 6.92 Å². The van der Waals surface area contributed by atoms with Crippen LogP contribution in [0.1, 0.15) is 32.6 Å². The lowest BCUT2D eigenvalue weighted by atomic mass is 9.52. The van der Waals surface area contributed by atoms with Gasteiger partial charge >= 0.3 is 0 Å². The number of hydrogen-bond acceptors (Lipinski definition) is 2. The van der Waals surface area contributed by atoms with Crippen molar-refractivity contribution in [2.75, 3.05) is 0 Å². The van der Waals surface area contributed by atoms with Crippen molar-refractivity contribution in [1.29, 1.82) is 0 Å². The van der Waals surface area contributed by atoms with Crippen molar-refractivity contribution in [3.63, 3.8) is 0 Å². The largest absolute Gasteiger partial charge is 0.259 e. The minimum absolute atomic E-state index is 0.207. The zero-order valence-corrected chi connectivity index (χ0v) is 8.40. The first kappa shape index (κ1) is 8.45. The third-order valence-electron chi connectivity index (χ3n) is 4.79. The fourth-order valence-electron chi connectivity index (χ4n) is 4.29. The van der Waals surface area contributed by atoms with Crippen LogP contribution in [0.4, 0.5) is 0 Å². The van der Waals surface area contributed by atoms with Gasteiger partial charge in [-0.3, -0.25) is 10.1 Å². The monoisotopic (exact) mass is 193 g/mol. The molecule has 14 heavy (non-hydrogen) atoms. The van der Waals surface area contributed by atoms with Gasteiger partial charge in [-0.2, -0.15) is 0 Å². The highest BCUT2D eigenvalue weighted by molar-refractivity contribution is 5.33. The summed E-state index contributed by atoms with van der Waals surface area (Å²) < 4.78 is 0. The molecule has 1 unspecified atom stereocenters. The highest BCUT2D eigenvalue weighted by atomic mass is 16.6. The molecule has 3 aliphatic rings. The van der Waals surface area contributed by atoms with E-state index in [0.29, 0.717) is 5.92 Å². The van der Waals surface area contributed by atoms with Crippen LogP contribution >= 0.6 is 0 Å². The van der Waals surface area contributed by atoms with Crippen LogP contribution in [-0.4, -0.2) is 4.92 Å². The topological polar surface area (TPSA) is 43.1 Å². The Kier molecular flexibility index (Phi) is 1.44. The van der Waals surface area contributed by atoms with Crippen LogP contribution in [0, 0.1) is 33.3 Å². The quantitative estimate of drug-likeness (QED) is 0.474. The van der Waals surface area contributed by atoms with E-state index >= 15 is 0 Å². The molecule has 0 N–H and O–H groups in total. The summed E-state index contributed by atoms with van der Waals surface area (Å²) in [4.78, 5) is 10.3. The molecule has 0 aromatic carbocycles. The highest BCUT2D eigenvalue weighted by Crippen LogP contribution is 2.70. The van der Waals surface area contributed by atoms with Crippen LogP contribution in [-0.2, 0) is 0 Å². The smallest absolute Gasteiger partial charge is 0.234 e. The van der Waals surface area contributed by atoms with Gasteiger partial charge < -0.3 is 0 Å². The molecule has 3 heteroatoms. The molecule has 0 saturated heterocycles. The second kappa shape index (κ2) is 2.38. The van der Waals surface area contributed by atoms with Crippen LogP contribution in [0.15, 0.2) is 11.8 Å². The zero-order chi connectivity index (χ0) is 9.92. The van der Waals surface area contributed by atoms with Gasteiger partial charge in [0.25, 0.3) is 0 Å². The second-order valence-corrected chi connectivity index (χ2v) is 5.38. The molecule has 3 aliphatic carbocycles. The molecule has 76 valence electrons. The van der Waals surface area contributed by atoms with Gasteiger partial charge in [-0.15, -0.1) is 0 Å². The van der Waals surface area contributed by atoms with Gasteiger partial charge in [0.2, 0.25) is 6.20 Å². The van der Waals surface area contributed by atoms with Crippen LogP contribution in [0.5, 0.6) is 0 Å². The predicted octanol–water partition coefficient (Wildman–Crippen LogP) is 2.60. The second-order valence-electron chi connectivity index (χ2n) is 5.38. The molecule has 0 heterocycles. The van der Waals surface area contributed by atoms with Crippen molar-refractivity contribution in [2.45, 2.75) is 32.6 Å². The SMILES string of the molecule is C[C@]12C[C@@H]3CCC(/C1=C\[N+](=O)[O-])[C@H]2C3. The molecule has 0 amide bonds. The lowest BCUT2D eigenvalue weighted by Gasteiger charge is -2.51. The highest BCUT2D eigenvalue weighted by Gasteiger charge is 2.62. The van der Waals surface area contributed by atoms with Crippen LogP contribution in [0.3, 0.4) is 0 Å². The van der Waals surface area contributed by atoms with Crippen molar-refractivity contribution in [2.24, 2.45) is 23.2 Å². The first-order valence-electron chi connectivity index (χ1n) is 5.47. The van der Waals surface area contributed by atoms with Crippen molar-refractivity contribution in [1.82, 2.24) is 0 Å². The van der Waals surface area contributed by atoms with E-state index in [1.54, 1.807) is 0 Å². The van der Waals surface area contributed by atoms with Crippen LogP contribution in [0.2, 0.25) is 0 Å². The summed E-state index contributed by atoms with van der Waals surface area (Å²) in [5, 5.41) is 10.5. The van der Waals surface area contributed by atoms with Crippen molar-refractivity contribution in [3.05, 3.63) is 21.9 Å². The molecule has 0 aromatic heterocycles. The third-order valence-corrected chi connectivity index (χ3v) is 4.79. The van der Waals surface area contributed by atoms with Gasteiger partial charge in [0, 0.05) is 5.57 Å². The van der Waals surface area contributed by atoms with Gasteiger partial charge in [0.15, 0.2) is 0 Å². The van der Waals surface area contributed by atoms with Crippen LogP contribution < -0.4 is 0 Å². The maximum absolute atomic E-state index is 10.5. The van der Waals surface area contributed by atoms with Gasteiger partial charge in [-0.05, 0) is 48.9 Å². The summed E-state index contributed by atoms with van der Waals surface area (Å²) >= 11 is 0. The Morgan fingerprint density at radius 3 is 3.07 bits per heavy atom. The summed E-state index contributed by atoms with van der Waals surface area (Å²) in [6, 6.07) is 0. The van der Waals surface area contributed by atoms with Gasteiger partial charge in [0.05, 0.1) is 4.92 Å². The summed E-state index contributed by atoms with van der Waals surface area (Å²) in [6.07, 6.45) is 6.33. The zero-order valence-electron chi connectivity index (χ0n) is 8.40. The summed E-state index contributed by atoms with van der Waals surface area (Å²) in [5.41, 5.74) is 1.35. The molecule has 4 atom stereocenters. The Balaban J connectivity index is 1.99. The Labute approximate surface area is 83.3 Å². The fourth-order valence-corrected chi connectivity index (χ4v) is 4.29. The number of hydrogen-bond donors (Lipinski definition) is 0. The Morgan fingerprint density at radius 1 is 1.57 bits per heavy atom. The number of nitrogens with zero attached hydrogens (tertiary/aromatic N) is 1. The Hall–Kier alpha value is -0.860. The lowest BCUT2D eigenvalue weighted by Crippen LogP contribution is -2.45. The van der Waals surface area contributed by atoms with E-state index in [9.17, 15) is 10.1 Å². The van der Waals surface area contributed by atoms with E-state index in [1.807, 2.05) is 0 Å². The standard InChI is InChI=1S/C11H15NO2/c1-11-5-7-2-3-8(9(11)4-7)10(11)6-12(13)14/h6-9H,2-5H2,1H3/b10-6+/t7-,8?,9-,11-/m1/s1. The van der Waals surface area contributed by atoms with Crippen molar-refractivity contribution in [3.8, 4) is 0 Å². The predicted molar refractivity (Wildman–Crippen MR) is 52.1 cm³/mol. The van der Waals surface area contributed by atoms with E-state index < -0.39 is 0 Å². The first-order valence-corrected chi connectivity index (χ1v) is 5.47. The summed E-state index contributed by atoms with van der Waals surface area (Å²) in [7, 11) is 0. The van der Waals surface area contributed by atoms with E-state index in [1.165, 1.54) is 31.9 Å². The van der Waals surface area contributed by atoms with E-state index in [-0.39, 0.29) is 10.3 Å².